The van der Waals surface area contributed by atoms with Crippen molar-refractivity contribution in [1.29, 1.82) is 0 Å². The van der Waals surface area contributed by atoms with E-state index in [0.717, 1.165) is 30.6 Å². The fourth-order valence-corrected chi connectivity index (χ4v) is 5.08. The zero-order valence-corrected chi connectivity index (χ0v) is 14.2. The molecule has 0 heterocycles. The van der Waals surface area contributed by atoms with Gasteiger partial charge in [-0.25, -0.2) is 0 Å². The summed E-state index contributed by atoms with van der Waals surface area (Å²) >= 11 is 0. The predicted octanol–water partition coefficient (Wildman–Crippen LogP) is 5.81. The largest absolute Gasteiger partial charge is 0.0995 e. The number of hydrogen-bond donors (Lipinski definition) is 0. The van der Waals surface area contributed by atoms with E-state index in [1.54, 1.807) is 5.57 Å². The third-order valence-electron chi connectivity index (χ3n) is 6.64. The van der Waals surface area contributed by atoms with Crippen LogP contribution in [0.25, 0.3) is 5.57 Å². The highest BCUT2D eigenvalue weighted by Crippen LogP contribution is 2.84. The Morgan fingerprint density at radius 1 is 1.27 bits per heavy atom. The van der Waals surface area contributed by atoms with Crippen LogP contribution in [0.4, 0.5) is 0 Å². The van der Waals surface area contributed by atoms with E-state index in [-0.39, 0.29) is 0 Å². The summed E-state index contributed by atoms with van der Waals surface area (Å²) in [5.74, 6) is 5.61. The first kappa shape index (κ1) is 14.3. The summed E-state index contributed by atoms with van der Waals surface area (Å²) in [4.78, 5) is 0. The molecule has 1 aromatic rings. The van der Waals surface area contributed by atoms with Gasteiger partial charge >= 0.3 is 0 Å². The molecule has 2 bridgehead atoms. The fraction of sp³-hybridized carbons (Fsp3) is 0.545. The molecule has 0 spiro atoms. The summed E-state index contributed by atoms with van der Waals surface area (Å²) in [6, 6.07) is 7.07. The molecule has 4 aliphatic rings. The van der Waals surface area contributed by atoms with Gasteiger partial charge in [-0.1, -0.05) is 43.4 Å². The Balaban J connectivity index is 1.48. The summed E-state index contributed by atoms with van der Waals surface area (Å²) in [7, 11) is 0. The Bertz CT molecular complexity index is 631. The van der Waals surface area contributed by atoms with Crippen molar-refractivity contribution in [1.82, 2.24) is 0 Å². The molecule has 5 rings (SSSR count). The average Bonchev–Trinajstić information content (AvgIpc) is 3.34. The zero-order chi connectivity index (χ0) is 15.4. The quantitative estimate of drug-likeness (QED) is 0.580. The van der Waals surface area contributed by atoms with Gasteiger partial charge in [-0.3, -0.25) is 0 Å². The van der Waals surface area contributed by atoms with Crippen molar-refractivity contribution < 1.29 is 0 Å². The molecule has 1 aromatic carbocycles. The third kappa shape index (κ3) is 2.19. The minimum atomic E-state index is 0.992. The van der Waals surface area contributed by atoms with Crippen LogP contribution in [0.1, 0.15) is 49.8 Å². The molecule has 0 radical (unpaired) electrons. The first-order valence-corrected chi connectivity index (χ1v) is 9.05. The summed E-state index contributed by atoms with van der Waals surface area (Å²) in [6.07, 6.45) is 7.29. The molecule has 0 N–H and O–H groups in total. The van der Waals surface area contributed by atoms with Crippen LogP contribution < -0.4 is 0 Å². The Hall–Kier alpha value is -1.30. The highest BCUT2D eigenvalue weighted by Gasteiger charge is 2.79. The lowest BCUT2D eigenvalue weighted by Gasteiger charge is -2.15. The van der Waals surface area contributed by atoms with Crippen molar-refractivity contribution in [3.63, 3.8) is 0 Å². The summed E-state index contributed by atoms with van der Waals surface area (Å²) in [5.41, 5.74) is 7.22. The van der Waals surface area contributed by atoms with Crippen molar-refractivity contribution in [2.24, 2.45) is 29.6 Å². The zero-order valence-electron chi connectivity index (χ0n) is 14.2. The maximum Gasteiger partial charge on any atom is -0.00673 e. The molecule has 22 heavy (non-hydrogen) atoms. The summed E-state index contributed by atoms with van der Waals surface area (Å²) < 4.78 is 0. The van der Waals surface area contributed by atoms with Gasteiger partial charge in [-0.05, 0) is 91.4 Å². The van der Waals surface area contributed by atoms with Gasteiger partial charge in [-0.2, -0.15) is 0 Å². The van der Waals surface area contributed by atoms with E-state index in [0.29, 0.717) is 0 Å². The monoisotopic (exact) mass is 292 g/mol. The van der Waals surface area contributed by atoms with Crippen LogP contribution in [-0.4, -0.2) is 0 Å². The SMILES string of the molecule is C=C(CC)Cc1ccc(/C(=C/C)CC2CC3C4C2C34)cc1C. The van der Waals surface area contributed by atoms with E-state index >= 15 is 0 Å². The molecule has 4 aliphatic carbocycles. The van der Waals surface area contributed by atoms with Gasteiger partial charge in [0, 0.05) is 0 Å². The first-order chi connectivity index (χ1) is 10.6. The van der Waals surface area contributed by atoms with Crippen LogP contribution in [0.3, 0.4) is 0 Å². The van der Waals surface area contributed by atoms with Gasteiger partial charge in [0.1, 0.15) is 0 Å². The Kier molecular flexibility index (Phi) is 3.33. The van der Waals surface area contributed by atoms with Crippen molar-refractivity contribution in [3.05, 3.63) is 53.1 Å². The first-order valence-electron chi connectivity index (χ1n) is 9.05. The topological polar surface area (TPSA) is 0 Å². The van der Waals surface area contributed by atoms with E-state index in [2.05, 4.69) is 51.6 Å². The number of benzene rings is 1. The molecule has 4 saturated carbocycles. The second-order valence-electron chi connectivity index (χ2n) is 7.83. The molecule has 3 atom stereocenters. The molecule has 0 aliphatic heterocycles. The molecule has 0 saturated heterocycles. The van der Waals surface area contributed by atoms with Gasteiger partial charge in [0.2, 0.25) is 0 Å². The molecule has 3 unspecified atom stereocenters. The lowest BCUT2D eigenvalue weighted by molar-refractivity contribution is 0.515. The number of rotatable bonds is 6. The average molecular weight is 292 g/mol. The molecular weight excluding hydrogens is 264 g/mol. The van der Waals surface area contributed by atoms with Crippen molar-refractivity contribution >= 4 is 5.57 Å². The van der Waals surface area contributed by atoms with Gasteiger partial charge < -0.3 is 0 Å². The van der Waals surface area contributed by atoms with Gasteiger partial charge in [-0.15, -0.1) is 0 Å². The molecular formula is C22H28. The maximum absolute atomic E-state index is 4.16. The highest BCUT2D eigenvalue weighted by atomic mass is 14.8. The lowest BCUT2D eigenvalue weighted by atomic mass is 9.90. The maximum atomic E-state index is 4.16. The van der Waals surface area contributed by atoms with Gasteiger partial charge in [0.05, 0.1) is 0 Å². The van der Waals surface area contributed by atoms with Crippen molar-refractivity contribution in [3.8, 4) is 0 Å². The second-order valence-corrected chi connectivity index (χ2v) is 7.83. The molecule has 0 aromatic heterocycles. The van der Waals surface area contributed by atoms with Crippen LogP contribution >= 0.6 is 0 Å². The van der Waals surface area contributed by atoms with E-state index in [4.69, 9.17) is 0 Å². The lowest BCUT2D eigenvalue weighted by Crippen LogP contribution is -2.00. The Morgan fingerprint density at radius 3 is 2.59 bits per heavy atom. The van der Waals surface area contributed by atoms with Crippen LogP contribution in [0.5, 0.6) is 0 Å². The normalized spacial score (nSPS) is 34.5. The van der Waals surface area contributed by atoms with Crippen molar-refractivity contribution in [2.75, 3.05) is 0 Å². The van der Waals surface area contributed by atoms with E-state index < -0.39 is 0 Å². The highest BCUT2D eigenvalue weighted by molar-refractivity contribution is 5.67. The van der Waals surface area contributed by atoms with Crippen molar-refractivity contribution in [2.45, 2.75) is 46.5 Å². The molecule has 4 fully saturated rings. The van der Waals surface area contributed by atoms with Crippen LogP contribution in [0, 0.1) is 36.5 Å². The van der Waals surface area contributed by atoms with Gasteiger partial charge in [0.25, 0.3) is 0 Å². The standard InChI is InChI=1S/C22H28/c1-5-13(3)9-16-7-8-17(10-14(16)4)15(6-2)11-18-12-19-21-20(18)22(19)21/h6-8,10,18-22H,3,5,9,11-12H2,1-2,4H3/b15-6+. The number of allylic oxidation sites excluding steroid dienone is 3. The van der Waals surface area contributed by atoms with Gasteiger partial charge in [0.15, 0.2) is 0 Å². The molecule has 0 amide bonds. The minimum Gasteiger partial charge on any atom is -0.0995 e. The predicted molar refractivity (Wildman–Crippen MR) is 94.6 cm³/mol. The molecule has 0 heteroatoms. The number of hydrogen-bond acceptors (Lipinski definition) is 0. The molecule has 0 nitrogen and oxygen atoms in total. The number of fused-ring (bicyclic) bond motifs is 1. The smallest absolute Gasteiger partial charge is 0.00673 e. The summed E-state index contributed by atoms with van der Waals surface area (Å²) in [6.45, 7) is 10.8. The Morgan fingerprint density at radius 2 is 2.05 bits per heavy atom. The third-order valence-corrected chi connectivity index (χ3v) is 6.64. The van der Waals surface area contributed by atoms with E-state index in [1.807, 2.05) is 0 Å². The van der Waals surface area contributed by atoms with Crippen LogP contribution in [0.15, 0.2) is 36.4 Å². The molecule has 116 valence electrons. The van der Waals surface area contributed by atoms with E-state index in [9.17, 15) is 0 Å². The van der Waals surface area contributed by atoms with E-state index in [1.165, 1.54) is 46.9 Å². The van der Waals surface area contributed by atoms with Crippen LogP contribution in [-0.2, 0) is 6.42 Å². The minimum absolute atomic E-state index is 0.992. The summed E-state index contributed by atoms with van der Waals surface area (Å²) in [5, 5.41) is 0. The Labute approximate surface area is 135 Å². The number of aryl methyl sites for hydroxylation is 1. The second kappa shape index (κ2) is 5.11. The van der Waals surface area contributed by atoms with Crippen LogP contribution in [0.2, 0.25) is 0 Å². The fourth-order valence-electron chi connectivity index (χ4n) is 5.08.